The van der Waals surface area contributed by atoms with Gasteiger partial charge in [-0.15, -0.1) is 0 Å². The number of nitrogens with zero attached hydrogens (tertiary/aromatic N) is 3. The topological polar surface area (TPSA) is 42.7 Å². The molecule has 0 aliphatic heterocycles. The number of pyridine rings is 1. The molecule has 0 radical (unpaired) electrons. The van der Waals surface area contributed by atoms with Gasteiger partial charge in [0.1, 0.15) is 0 Å². The molecule has 0 amide bonds. The Morgan fingerprint density at radius 2 is 1.96 bits per heavy atom. The monoisotopic (exact) mass is 332 g/mol. The molecule has 0 bridgehead atoms. The molecule has 25 heavy (non-hydrogen) atoms. The number of benzene rings is 1. The van der Waals surface area contributed by atoms with Gasteiger partial charge in [-0.05, 0) is 42.0 Å². The van der Waals surface area contributed by atoms with E-state index in [-0.39, 0.29) is 5.41 Å². The fraction of sp³-hybridized carbons (Fsp3) is 0.333. The molecule has 0 saturated carbocycles. The number of hydrogen-bond acceptors (Lipinski definition) is 3. The Morgan fingerprint density at radius 3 is 2.72 bits per heavy atom. The van der Waals surface area contributed by atoms with Crippen LogP contribution in [-0.4, -0.2) is 14.8 Å². The van der Waals surface area contributed by atoms with Crippen LogP contribution in [0.15, 0.2) is 61.1 Å². The molecule has 3 aromatic rings. The second kappa shape index (κ2) is 6.45. The second-order valence-corrected chi connectivity index (χ2v) is 7.63. The largest absolute Gasteiger partial charge is 0.306 e. The summed E-state index contributed by atoms with van der Waals surface area (Å²) in [6, 6.07) is 14.8. The fourth-order valence-corrected chi connectivity index (χ4v) is 3.76. The Hall–Kier alpha value is -2.46. The normalized spacial score (nSPS) is 18.7. The zero-order valence-corrected chi connectivity index (χ0v) is 14.8. The van der Waals surface area contributed by atoms with E-state index in [0.29, 0.717) is 6.04 Å². The van der Waals surface area contributed by atoms with Gasteiger partial charge in [0.15, 0.2) is 0 Å². The van der Waals surface area contributed by atoms with Crippen LogP contribution in [0.2, 0.25) is 0 Å². The molecule has 128 valence electrons. The van der Waals surface area contributed by atoms with Crippen molar-refractivity contribution in [2.45, 2.75) is 39.3 Å². The van der Waals surface area contributed by atoms with Crippen LogP contribution in [0.1, 0.15) is 43.1 Å². The number of rotatable bonds is 4. The highest BCUT2D eigenvalue weighted by Crippen LogP contribution is 2.41. The van der Waals surface area contributed by atoms with Crippen LogP contribution >= 0.6 is 0 Å². The highest BCUT2D eigenvalue weighted by Gasteiger charge is 2.34. The maximum atomic E-state index is 4.70. The van der Waals surface area contributed by atoms with Gasteiger partial charge in [0.25, 0.3) is 0 Å². The van der Waals surface area contributed by atoms with E-state index < -0.39 is 0 Å². The quantitative estimate of drug-likeness (QED) is 0.783. The molecule has 0 unspecified atom stereocenters. The summed E-state index contributed by atoms with van der Waals surface area (Å²) in [4.78, 5) is 4.21. The van der Waals surface area contributed by atoms with Crippen LogP contribution in [0, 0.1) is 5.41 Å². The Balaban J connectivity index is 1.64. The maximum Gasteiger partial charge on any atom is 0.0648 e. The lowest BCUT2D eigenvalue weighted by Crippen LogP contribution is -2.33. The standard InChI is InChI=1S/C21H24N4/c1-21(2)11-19(23-14-16-7-6-10-22-13-16)18-15-24-25(20(18)12-21)17-8-4-3-5-9-17/h3-10,13,15,19,23H,11-12,14H2,1-2H3/t19-/m1/s1. The van der Waals surface area contributed by atoms with Crippen molar-refractivity contribution in [1.82, 2.24) is 20.1 Å². The van der Waals surface area contributed by atoms with Gasteiger partial charge in [-0.2, -0.15) is 5.10 Å². The number of hydrogen-bond donors (Lipinski definition) is 1. The molecule has 4 rings (SSSR count). The van der Waals surface area contributed by atoms with Gasteiger partial charge in [0.05, 0.1) is 11.9 Å². The highest BCUT2D eigenvalue weighted by molar-refractivity contribution is 5.37. The Bertz CT molecular complexity index is 837. The molecular weight excluding hydrogens is 308 g/mol. The SMILES string of the molecule is CC1(C)Cc2c(cnn2-c2ccccc2)[C@H](NCc2cccnc2)C1. The molecular formula is C21H24N4. The first kappa shape index (κ1) is 16.0. The number of para-hydroxylation sites is 1. The smallest absolute Gasteiger partial charge is 0.0648 e. The van der Waals surface area contributed by atoms with Gasteiger partial charge < -0.3 is 5.32 Å². The van der Waals surface area contributed by atoms with Gasteiger partial charge in [0.2, 0.25) is 0 Å². The fourth-order valence-electron chi connectivity index (χ4n) is 3.76. The third-order valence-corrected chi connectivity index (χ3v) is 4.96. The summed E-state index contributed by atoms with van der Waals surface area (Å²) in [5.41, 5.74) is 5.24. The lowest BCUT2D eigenvalue weighted by atomic mass is 9.74. The summed E-state index contributed by atoms with van der Waals surface area (Å²) in [6.45, 7) is 5.51. The Morgan fingerprint density at radius 1 is 1.12 bits per heavy atom. The van der Waals surface area contributed by atoms with Crippen LogP contribution in [-0.2, 0) is 13.0 Å². The Kier molecular flexibility index (Phi) is 4.14. The molecule has 1 aromatic carbocycles. The molecule has 1 aliphatic carbocycles. The summed E-state index contributed by atoms with van der Waals surface area (Å²) in [5, 5.41) is 8.42. The minimum Gasteiger partial charge on any atom is -0.306 e. The zero-order valence-electron chi connectivity index (χ0n) is 14.8. The second-order valence-electron chi connectivity index (χ2n) is 7.63. The van der Waals surface area contributed by atoms with E-state index in [2.05, 4.69) is 59.2 Å². The van der Waals surface area contributed by atoms with Crippen LogP contribution < -0.4 is 5.32 Å². The van der Waals surface area contributed by atoms with Crippen molar-refractivity contribution >= 4 is 0 Å². The van der Waals surface area contributed by atoms with Crippen molar-refractivity contribution in [1.29, 1.82) is 0 Å². The third kappa shape index (κ3) is 3.35. The van der Waals surface area contributed by atoms with Gasteiger partial charge in [-0.3, -0.25) is 4.98 Å². The molecule has 0 spiro atoms. The first-order valence-electron chi connectivity index (χ1n) is 8.87. The first-order chi connectivity index (χ1) is 12.1. The van der Waals surface area contributed by atoms with Gasteiger partial charge in [-0.25, -0.2) is 4.68 Å². The zero-order chi connectivity index (χ0) is 17.3. The van der Waals surface area contributed by atoms with E-state index in [1.54, 1.807) is 0 Å². The van der Waals surface area contributed by atoms with Crippen molar-refractivity contribution in [2.75, 3.05) is 0 Å². The summed E-state index contributed by atoms with van der Waals surface area (Å²) in [6.07, 6.45) is 7.94. The molecule has 2 heterocycles. The molecule has 1 aliphatic rings. The van der Waals surface area contributed by atoms with Crippen LogP contribution in [0.3, 0.4) is 0 Å². The highest BCUT2D eigenvalue weighted by atomic mass is 15.3. The number of aromatic nitrogens is 3. The van der Waals surface area contributed by atoms with Gasteiger partial charge in [-0.1, -0.05) is 38.1 Å². The van der Waals surface area contributed by atoms with E-state index in [4.69, 9.17) is 5.10 Å². The van der Waals surface area contributed by atoms with E-state index in [0.717, 1.165) is 25.1 Å². The molecule has 0 saturated heterocycles. The first-order valence-corrected chi connectivity index (χ1v) is 8.87. The van der Waals surface area contributed by atoms with Crippen molar-refractivity contribution in [2.24, 2.45) is 5.41 Å². The molecule has 2 aromatic heterocycles. The van der Waals surface area contributed by atoms with Crippen molar-refractivity contribution < 1.29 is 0 Å². The Labute approximate surface area is 148 Å². The summed E-state index contributed by atoms with van der Waals surface area (Å²) in [5.74, 6) is 0. The van der Waals surface area contributed by atoms with E-state index in [1.807, 2.05) is 30.7 Å². The van der Waals surface area contributed by atoms with Crippen molar-refractivity contribution in [3.8, 4) is 5.69 Å². The van der Waals surface area contributed by atoms with E-state index in [9.17, 15) is 0 Å². The number of fused-ring (bicyclic) bond motifs is 1. The minimum atomic E-state index is 0.242. The molecule has 0 fully saturated rings. The van der Waals surface area contributed by atoms with Crippen LogP contribution in [0.4, 0.5) is 0 Å². The number of nitrogens with one attached hydrogen (secondary N) is 1. The molecule has 4 heteroatoms. The maximum absolute atomic E-state index is 4.70. The average Bonchev–Trinajstić information content (AvgIpc) is 3.04. The lowest BCUT2D eigenvalue weighted by Gasteiger charge is -2.36. The summed E-state index contributed by atoms with van der Waals surface area (Å²) < 4.78 is 2.11. The predicted molar refractivity (Wildman–Crippen MR) is 99.5 cm³/mol. The summed E-state index contributed by atoms with van der Waals surface area (Å²) >= 11 is 0. The minimum absolute atomic E-state index is 0.242. The van der Waals surface area contributed by atoms with E-state index >= 15 is 0 Å². The average molecular weight is 332 g/mol. The van der Waals surface area contributed by atoms with E-state index in [1.165, 1.54) is 16.8 Å². The van der Waals surface area contributed by atoms with Gasteiger partial charge in [0, 0.05) is 36.2 Å². The lowest BCUT2D eigenvalue weighted by molar-refractivity contribution is 0.252. The predicted octanol–water partition coefficient (Wildman–Crippen LogP) is 4.07. The third-order valence-electron chi connectivity index (χ3n) is 4.96. The molecule has 4 nitrogen and oxygen atoms in total. The van der Waals surface area contributed by atoms with Gasteiger partial charge >= 0.3 is 0 Å². The van der Waals surface area contributed by atoms with Crippen LogP contribution in [0.5, 0.6) is 0 Å². The molecule has 1 atom stereocenters. The summed E-state index contributed by atoms with van der Waals surface area (Å²) in [7, 11) is 0. The van der Waals surface area contributed by atoms with Crippen LogP contribution in [0.25, 0.3) is 5.69 Å². The molecule has 1 N–H and O–H groups in total. The van der Waals surface area contributed by atoms with Crippen molar-refractivity contribution in [3.05, 3.63) is 77.9 Å². The van der Waals surface area contributed by atoms with Crippen molar-refractivity contribution in [3.63, 3.8) is 0 Å².